The molecule has 1 aliphatic rings. The summed E-state index contributed by atoms with van der Waals surface area (Å²) in [5, 5.41) is 0. The molecule has 0 aromatic carbocycles. The van der Waals surface area contributed by atoms with E-state index in [1.165, 1.54) is 0 Å². The second kappa shape index (κ2) is 20.9. The number of aromatic nitrogens is 1. The van der Waals surface area contributed by atoms with Gasteiger partial charge < -0.3 is 23.7 Å². The SMILES string of the molecule is CCCC[C@H]1OCCOCCO[C@H](CCCC)[C@@H](CCCC)OCc2cccc(n2)CO[C@@H]1CCCC. The van der Waals surface area contributed by atoms with E-state index in [-0.39, 0.29) is 24.4 Å². The minimum atomic E-state index is 0.0631. The van der Waals surface area contributed by atoms with E-state index in [1.54, 1.807) is 0 Å². The van der Waals surface area contributed by atoms with E-state index in [4.69, 9.17) is 28.7 Å². The van der Waals surface area contributed by atoms with Gasteiger partial charge in [-0.25, -0.2) is 0 Å². The van der Waals surface area contributed by atoms with Gasteiger partial charge in [-0.3, -0.25) is 4.98 Å². The molecule has 0 radical (unpaired) electrons. The highest BCUT2D eigenvalue weighted by Crippen LogP contribution is 2.21. The number of pyridine rings is 1. The third-order valence-corrected chi connectivity index (χ3v) is 7.07. The van der Waals surface area contributed by atoms with Crippen molar-refractivity contribution < 1.29 is 23.7 Å². The molecule has 0 saturated carbocycles. The molecule has 2 rings (SSSR count). The summed E-state index contributed by atoms with van der Waals surface area (Å²) in [4.78, 5) is 4.89. The van der Waals surface area contributed by atoms with Gasteiger partial charge in [0.05, 0.1) is 75.4 Å². The maximum Gasteiger partial charge on any atom is 0.0893 e. The number of unbranched alkanes of at least 4 members (excludes halogenated alkanes) is 4. The monoisotopic (exact) mass is 521 g/mol. The number of hydrogen-bond acceptors (Lipinski definition) is 6. The van der Waals surface area contributed by atoms with Crippen LogP contribution in [0.25, 0.3) is 0 Å². The lowest BCUT2D eigenvalue weighted by atomic mass is 10.0. The Kier molecular flexibility index (Phi) is 18.1. The molecular formula is C31H55NO5. The average molecular weight is 522 g/mol. The quantitative estimate of drug-likeness (QED) is 0.285. The van der Waals surface area contributed by atoms with Crippen LogP contribution < -0.4 is 0 Å². The van der Waals surface area contributed by atoms with E-state index in [2.05, 4.69) is 45.9 Å². The van der Waals surface area contributed by atoms with Crippen molar-refractivity contribution in [3.05, 3.63) is 29.6 Å². The molecule has 0 amide bonds. The molecule has 0 unspecified atom stereocenters. The van der Waals surface area contributed by atoms with Gasteiger partial charge in [0.25, 0.3) is 0 Å². The lowest BCUT2D eigenvalue weighted by Gasteiger charge is -2.29. The summed E-state index contributed by atoms with van der Waals surface area (Å²) in [5.41, 5.74) is 1.90. The van der Waals surface area contributed by atoms with Crippen LogP contribution in [0.4, 0.5) is 0 Å². The Morgan fingerprint density at radius 3 is 1.32 bits per heavy atom. The van der Waals surface area contributed by atoms with Crippen molar-refractivity contribution in [1.82, 2.24) is 4.98 Å². The standard InChI is InChI=1S/C31H55NO5/c1-5-9-16-28-30(18-11-7-3)36-24-26-14-13-15-27(32-26)25-37-31(19-12-8-4)29(17-10-6-2)35-23-21-33-20-22-34-28/h13-15,28-31H,5-12,16-25H2,1-4H3/t28-,29-,30-,31-/m1/s1. The van der Waals surface area contributed by atoms with Crippen LogP contribution >= 0.6 is 0 Å². The van der Waals surface area contributed by atoms with Crippen molar-refractivity contribution in [3.8, 4) is 0 Å². The minimum absolute atomic E-state index is 0.0631. The van der Waals surface area contributed by atoms with Crippen LogP contribution in [0, 0.1) is 0 Å². The highest BCUT2D eigenvalue weighted by molar-refractivity contribution is 5.10. The number of hydrogen-bond donors (Lipinski definition) is 0. The fraction of sp³-hybridized carbons (Fsp3) is 0.839. The van der Waals surface area contributed by atoms with Crippen LogP contribution in [0.5, 0.6) is 0 Å². The second-order valence-corrected chi connectivity index (χ2v) is 10.3. The third-order valence-electron chi connectivity index (χ3n) is 7.07. The molecule has 1 aromatic heterocycles. The minimum Gasteiger partial charge on any atom is -0.377 e. The van der Waals surface area contributed by atoms with Gasteiger partial charge in [-0.2, -0.15) is 0 Å². The predicted octanol–water partition coefficient (Wildman–Crippen LogP) is 7.41. The zero-order valence-electron chi connectivity index (χ0n) is 24.3. The fourth-order valence-electron chi connectivity index (χ4n) is 4.82. The van der Waals surface area contributed by atoms with Gasteiger partial charge in [0, 0.05) is 0 Å². The number of rotatable bonds is 12. The van der Waals surface area contributed by atoms with Crippen LogP contribution in [0.2, 0.25) is 0 Å². The summed E-state index contributed by atoms with van der Waals surface area (Å²) < 4.78 is 31.6. The van der Waals surface area contributed by atoms with Crippen molar-refractivity contribution >= 4 is 0 Å². The van der Waals surface area contributed by atoms with E-state index in [9.17, 15) is 0 Å². The van der Waals surface area contributed by atoms with Crippen molar-refractivity contribution in [3.63, 3.8) is 0 Å². The zero-order chi connectivity index (χ0) is 26.6. The van der Waals surface area contributed by atoms with E-state index >= 15 is 0 Å². The molecule has 0 spiro atoms. The molecule has 37 heavy (non-hydrogen) atoms. The van der Waals surface area contributed by atoms with Crippen molar-refractivity contribution in [2.45, 2.75) is 142 Å². The molecule has 1 aliphatic heterocycles. The van der Waals surface area contributed by atoms with Crippen LogP contribution in [-0.4, -0.2) is 55.8 Å². The van der Waals surface area contributed by atoms with E-state index in [1.807, 2.05) is 0 Å². The lowest BCUT2D eigenvalue weighted by molar-refractivity contribution is -0.111. The third kappa shape index (κ3) is 13.5. The maximum atomic E-state index is 6.48. The predicted molar refractivity (Wildman–Crippen MR) is 150 cm³/mol. The van der Waals surface area contributed by atoms with Gasteiger partial charge in [-0.05, 0) is 37.8 Å². The molecule has 1 aromatic rings. The molecule has 0 aliphatic carbocycles. The molecule has 2 heterocycles. The molecule has 2 bridgehead atoms. The number of fused-ring (bicyclic) bond motifs is 2. The van der Waals surface area contributed by atoms with Gasteiger partial charge in [0.15, 0.2) is 0 Å². The van der Waals surface area contributed by atoms with Crippen LogP contribution in [0.3, 0.4) is 0 Å². The summed E-state index contributed by atoms with van der Waals surface area (Å²) in [6.45, 7) is 12.2. The van der Waals surface area contributed by atoms with E-state index in [0.717, 1.165) is 88.4 Å². The lowest BCUT2D eigenvalue weighted by Crippen LogP contribution is -2.34. The Morgan fingerprint density at radius 2 is 0.946 bits per heavy atom. The van der Waals surface area contributed by atoms with Gasteiger partial charge in [0.1, 0.15) is 0 Å². The van der Waals surface area contributed by atoms with Gasteiger partial charge in [-0.15, -0.1) is 0 Å². The van der Waals surface area contributed by atoms with Gasteiger partial charge in [-0.1, -0.05) is 85.1 Å². The molecule has 0 fully saturated rings. The van der Waals surface area contributed by atoms with E-state index < -0.39 is 0 Å². The molecule has 214 valence electrons. The van der Waals surface area contributed by atoms with Crippen molar-refractivity contribution in [1.29, 1.82) is 0 Å². The Balaban J connectivity index is 2.18. The molecule has 0 N–H and O–H groups in total. The number of nitrogens with zero attached hydrogens (tertiary/aromatic N) is 1. The van der Waals surface area contributed by atoms with Crippen molar-refractivity contribution in [2.75, 3.05) is 26.4 Å². The highest BCUT2D eigenvalue weighted by Gasteiger charge is 2.24. The number of ether oxygens (including phenoxy) is 5. The Labute approximate surface area is 227 Å². The Morgan fingerprint density at radius 1 is 0.568 bits per heavy atom. The van der Waals surface area contributed by atoms with Crippen LogP contribution in [0.1, 0.15) is 116 Å². The molecule has 6 heteroatoms. The first-order valence-electron chi connectivity index (χ1n) is 15.2. The summed E-state index contributed by atoms with van der Waals surface area (Å²) >= 11 is 0. The largest absolute Gasteiger partial charge is 0.377 e. The molecule has 4 atom stereocenters. The summed E-state index contributed by atoms with van der Waals surface area (Å²) in [6.07, 6.45) is 13.4. The maximum absolute atomic E-state index is 6.48. The van der Waals surface area contributed by atoms with E-state index in [0.29, 0.717) is 39.6 Å². The molecule has 6 nitrogen and oxygen atoms in total. The van der Waals surface area contributed by atoms with Crippen molar-refractivity contribution in [2.24, 2.45) is 0 Å². The fourth-order valence-corrected chi connectivity index (χ4v) is 4.82. The Hall–Kier alpha value is -1.05. The van der Waals surface area contributed by atoms with Gasteiger partial charge in [0.2, 0.25) is 0 Å². The second-order valence-electron chi connectivity index (χ2n) is 10.3. The van der Waals surface area contributed by atoms with Crippen LogP contribution in [-0.2, 0) is 36.9 Å². The first-order valence-corrected chi connectivity index (χ1v) is 15.2. The first kappa shape index (κ1) is 32.2. The normalized spacial score (nSPS) is 24.9. The van der Waals surface area contributed by atoms with Gasteiger partial charge >= 0.3 is 0 Å². The summed E-state index contributed by atoms with van der Waals surface area (Å²) in [5.74, 6) is 0. The highest BCUT2D eigenvalue weighted by atomic mass is 16.6. The Bertz CT molecular complexity index is 622. The smallest absolute Gasteiger partial charge is 0.0893 e. The zero-order valence-corrected chi connectivity index (χ0v) is 24.3. The molecule has 0 saturated heterocycles. The summed E-state index contributed by atoms with van der Waals surface area (Å²) in [6, 6.07) is 6.17. The first-order chi connectivity index (χ1) is 18.2. The topological polar surface area (TPSA) is 59.0 Å². The van der Waals surface area contributed by atoms with Crippen LogP contribution in [0.15, 0.2) is 18.2 Å². The molecular weight excluding hydrogens is 466 g/mol. The summed E-state index contributed by atoms with van der Waals surface area (Å²) in [7, 11) is 0. The average Bonchev–Trinajstić information content (AvgIpc) is 2.92.